The summed E-state index contributed by atoms with van der Waals surface area (Å²) >= 11 is 5.27. The second-order valence-corrected chi connectivity index (χ2v) is 10.5. The third kappa shape index (κ3) is 4.21. The van der Waals surface area contributed by atoms with Crippen molar-refractivity contribution >= 4 is 28.1 Å². The van der Waals surface area contributed by atoms with E-state index in [0.717, 1.165) is 29.8 Å². The number of nitrogens with zero attached hydrogens (tertiary/aromatic N) is 3. The molecule has 2 N–H and O–H groups in total. The molecular weight excluding hydrogens is 422 g/mol. The Morgan fingerprint density at radius 2 is 1.93 bits per heavy atom. The highest BCUT2D eigenvalue weighted by Crippen LogP contribution is 2.35. The molecule has 2 aliphatic rings. The second kappa shape index (κ2) is 8.24. The van der Waals surface area contributed by atoms with Crippen molar-refractivity contribution in [2.45, 2.75) is 57.0 Å². The van der Waals surface area contributed by atoms with E-state index in [0.29, 0.717) is 48.2 Å². The van der Waals surface area contributed by atoms with Crippen LogP contribution in [0, 0.1) is 24.5 Å². The Morgan fingerprint density at radius 3 is 2.57 bits per heavy atom. The van der Waals surface area contributed by atoms with Gasteiger partial charge in [0, 0.05) is 25.0 Å². The van der Waals surface area contributed by atoms with E-state index in [2.05, 4.69) is 15.5 Å². The zero-order valence-corrected chi connectivity index (χ0v) is 18.9. The predicted molar refractivity (Wildman–Crippen MR) is 115 cm³/mol. The molecule has 2 aromatic rings. The molecule has 0 spiro atoms. The number of carbonyl (C=O) groups excluding carboxylic acids is 1. The number of H-pyrrole nitrogens is 1. The molecule has 1 aliphatic heterocycles. The summed E-state index contributed by atoms with van der Waals surface area (Å²) in [6.07, 6.45) is 3.18. The van der Waals surface area contributed by atoms with E-state index in [4.69, 9.17) is 12.2 Å². The molecule has 2 heterocycles. The topological polar surface area (TPSA) is 100 Å². The Kier molecular flexibility index (Phi) is 5.82. The van der Waals surface area contributed by atoms with Gasteiger partial charge in [-0.25, -0.2) is 8.42 Å². The number of benzene rings is 1. The lowest BCUT2D eigenvalue weighted by molar-refractivity contribution is -0.126. The van der Waals surface area contributed by atoms with Gasteiger partial charge in [0.25, 0.3) is 0 Å². The zero-order valence-electron chi connectivity index (χ0n) is 17.2. The summed E-state index contributed by atoms with van der Waals surface area (Å²) < 4.78 is 30.1. The number of aryl methyl sites for hydroxylation is 2. The van der Waals surface area contributed by atoms with Crippen molar-refractivity contribution in [3.8, 4) is 0 Å². The van der Waals surface area contributed by atoms with Gasteiger partial charge in [0.05, 0.1) is 11.4 Å². The molecule has 10 heteroatoms. The Bertz CT molecular complexity index is 1110. The number of rotatable bonds is 6. The lowest BCUT2D eigenvalue weighted by Gasteiger charge is -2.31. The predicted octanol–water partition coefficient (Wildman–Crippen LogP) is 2.61. The van der Waals surface area contributed by atoms with E-state index in [-0.39, 0.29) is 11.8 Å². The molecule has 8 nitrogen and oxygen atoms in total. The van der Waals surface area contributed by atoms with Crippen LogP contribution in [0.5, 0.6) is 0 Å². The maximum absolute atomic E-state index is 13.0. The van der Waals surface area contributed by atoms with Crippen LogP contribution in [-0.2, 0) is 21.4 Å². The van der Waals surface area contributed by atoms with Gasteiger partial charge >= 0.3 is 0 Å². The summed E-state index contributed by atoms with van der Waals surface area (Å²) in [5, 5.41) is 9.98. The Balaban J connectivity index is 1.35. The van der Waals surface area contributed by atoms with Gasteiger partial charge in [0.15, 0.2) is 10.6 Å². The van der Waals surface area contributed by atoms with Crippen molar-refractivity contribution in [2.24, 2.45) is 5.92 Å². The minimum Gasteiger partial charge on any atom is -0.349 e. The fourth-order valence-corrected chi connectivity index (χ4v) is 6.04. The first-order valence-electron chi connectivity index (χ1n) is 10.3. The number of hydrogen-bond acceptors (Lipinski definition) is 5. The first-order valence-corrected chi connectivity index (χ1v) is 12.1. The fraction of sp³-hybridized carbons (Fsp3) is 0.550. The minimum atomic E-state index is -3.55. The minimum absolute atomic E-state index is 0.0603. The van der Waals surface area contributed by atoms with Gasteiger partial charge in [-0.05, 0) is 63.4 Å². The van der Waals surface area contributed by atoms with Crippen LogP contribution < -0.4 is 5.32 Å². The third-order valence-corrected chi connectivity index (χ3v) is 8.23. The third-order valence-electron chi connectivity index (χ3n) is 5.88. The highest BCUT2D eigenvalue weighted by atomic mass is 32.2. The number of sulfonamides is 1. The van der Waals surface area contributed by atoms with Crippen molar-refractivity contribution in [3.63, 3.8) is 0 Å². The number of aromatic nitrogens is 3. The molecule has 4 rings (SSSR count). The van der Waals surface area contributed by atoms with Gasteiger partial charge in [-0.15, -0.1) is 0 Å². The molecule has 1 aromatic carbocycles. The van der Waals surface area contributed by atoms with Crippen LogP contribution in [0.15, 0.2) is 23.1 Å². The van der Waals surface area contributed by atoms with Gasteiger partial charge in [-0.1, -0.05) is 17.7 Å². The van der Waals surface area contributed by atoms with E-state index >= 15 is 0 Å². The van der Waals surface area contributed by atoms with Gasteiger partial charge in [0.2, 0.25) is 15.9 Å². The lowest BCUT2D eigenvalue weighted by Crippen LogP contribution is -2.43. The number of hydrogen-bond donors (Lipinski definition) is 2. The molecule has 0 bridgehead atoms. The maximum Gasteiger partial charge on any atom is 0.243 e. The first kappa shape index (κ1) is 21.2. The summed E-state index contributed by atoms with van der Waals surface area (Å²) in [4.78, 5) is 13.0. The van der Waals surface area contributed by atoms with Crippen LogP contribution in [0.3, 0.4) is 0 Å². The number of piperidine rings is 1. The number of amides is 1. The van der Waals surface area contributed by atoms with Crippen LogP contribution in [-0.4, -0.2) is 46.5 Å². The molecule has 162 valence electrons. The molecule has 1 saturated carbocycles. The smallest absolute Gasteiger partial charge is 0.243 e. The van der Waals surface area contributed by atoms with Gasteiger partial charge < -0.3 is 5.32 Å². The van der Waals surface area contributed by atoms with Gasteiger partial charge in [-0.2, -0.15) is 9.40 Å². The van der Waals surface area contributed by atoms with E-state index in [1.165, 1.54) is 4.31 Å². The SMILES string of the molecule is Cc1ccc(S(=O)(=O)N2CCC(C(=O)NCc3n[nH]c(=S)n3C3CC3)CC2)c(C)c1. The van der Waals surface area contributed by atoms with Crippen molar-refractivity contribution in [1.82, 2.24) is 24.4 Å². The van der Waals surface area contributed by atoms with Crippen LogP contribution >= 0.6 is 12.2 Å². The molecule has 0 unspecified atom stereocenters. The Morgan fingerprint density at radius 1 is 1.23 bits per heavy atom. The van der Waals surface area contributed by atoms with Crippen molar-refractivity contribution < 1.29 is 13.2 Å². The lowest BCUT2D eigenvalue weighted by atomic mass is 9.97. The number of carbonyl (C=O) groups is 1. The molecule has 1 aliphatic carbocycles. The zero-order chi connectivity index (χ0) is 21.5. The largest absolute Gasteiger partial charge is 0.349 e. The van der Waals surface area contributed by atoms with Crippen molar-refractivity contribution in [1.29, 1.82) is 0 Å². The van der Waals surface area contributed by atoms with Crippen LogP contribution in [0.1, 0.15) is 48.7 Å². The summed E-state index contributed by atoms with van der Waals surface area (Å²) in [6, 6.07) is 5.76. The van der Waals surface area contributed by atoms with E-state index in [9.17, 15) is 13.2 Å². The maximum atomic E-state index is 13.0. The van der Waals surface area contributed by atoms with E-state index < -0.39 is 10.0 Å². The molecule has 2 fully saturated rings. The average molecular weight is 450 g/mol. The van der Waals surface area contributed by atoms with Gasteiger partial charge in [-0.3, -0.25) is 14.5 Å². The molecule has 30 heavy (non-hydrogen) atoms. The quantitative estimate of drug-likeness (QED) is 0.661. The molecular formula is C20H27N5O3S2. The molecule has 1 aromatic heterocycles. The Labute approximate surface area is 181 Å². The van der Waals surface area contributed by atoms with E-state index in [1.807, 2.05) is 30.5 Å². The van der Waals surface area contributed by atoms with Gasteiger partial charge in [0.1, 0.15) is 0 Å². The molecule has 1 amide bonds. The molecule has 0 radical (unpaired) electrons. The highest BCUT2D eigenvalue weighted by molar-refractivity contribution is 7.89. The summed E-state index contributed by atoms with van der Waals surface area (Å²) in [7, 11) is -3.55. The fourth-order valence-electron chi connectivity index (χ4n) is 4.07. The Hall–Kier alpha value is -2.04. The monoisotopic (exact) mass is 449 g/mol. The second-order valence-electron chi connectivity index (χ2n) is 8.21. The van der Waals surface area contributed by atoms with Crippen LogP contribution in [0.25, 0.3) is 0 Å². The van der Waals surface area contributed by atoms with E-state index in [1.54, 1.807) is 6.07 Å². The first-order chi connectivity index (χ1) is 14.3. The van der Waals surface area contributed by atoms with Crippen LogP contribution in [0.4, 0.5) is 0 Å². The highest BCUT2D eigenvalue weighted by Gasteiger charge is 2.33. The normalized spacial score (nSPS) is 18.5. The number of nitrogens with one attached hydrogen (secondary N) is 2. The standard InChI is InChI=1S/C20H27N5O3S2/c1-13-3-6-17(14(2)11-13)30(27,28)24-9-7-15(8-10-24)19(26)21-12-18-22-23-20(29)25(18)16-4-5-16/h3,6,11,15-16H,4-5,7-10,12H2,1-2H3,(H,21,26)(H,23,29). The van der Waals surface area contributed by atoms with Crippen molar-refractivity contribution in [2.75, 3.05) is 13.1 Å². The summed E-state index contributed by atoms with van der Waals surface area (Å²) in [5.41, 5.74) is 1.78. The molecule has 0 atom stereocenters. The number of aromatic amines is 1. The summed E-state index contributed by atoms with van der Waals surface area (Å²) in [6.45, 7) is 4.77. The summed E-state index contributed by atoms with van der Waals surface area (Å²) in [5.74, 6) is 0.479. The van der Waals surface area contributed by atoms with Crippen LogP contribution in [0.2, 0.25) is 0 Å². The molecule has 1 saturated heterocycles. The van der Waals surface area contributed by atoms with Crippen molar-refractivity contribution in [3.05, 3.63) is 39.9 Å². The average Bonchev–Trinajstić information content (AvgIpc) is 3.48.